The van der Waals surface area contributed by atoms with Crippen LogP contribution in [0.5, 0.6) is 0 Å². The molecular weight excluding hydrogens is 336 g/mol. The van der Waals surface area contributed by atoms with Crippen LogP contribution in [0.25, 0.3) is 0 Å². The smallest absolute Gasteiger partial charge is 0.237 e. The molecule has 2 fully saturated rings. The van der Waals surface area contributed by atoms with E-state index in [9.17, 15) is 10.1 Å². The molecule has 1 saturated carbocycles. The van der Waals surface area contributed by atoms with E-state index in [1.807, 2.05) is 7.05 Å². The van der Waals surface area contributed by atoms with Gasteiger partial charge in [0, 0.05) is 39.8 Å². The highest BCUT2D eigenvalue weighted by molar-refractivity contribution is 5.79. The lowest BCUT2D eigenvalue weighted by Gasteiger charge is -2.41. The van der Waals surface area contributed by atoms with E-state index in [0.717, 1.165) is 58.4 Å². The highest BCUT2D eigenvalue weighted by atomic mass is 16.2. The molecule has 1 saturated heterocycles. The Kier molecular flexibility index (Phi) is 6.51. The number of carbonyl (C=O) groups is 1. The Morgan fingerprint density at radius 2 is 1.81 bits per heavy atom. The van der Waals surface area contributed by atoms with Gasteiger partial charge in [-0.25, -0.2) is 0 Å². The minimum atomic E-state index is -0.581. The predicted octanol–water partition coefficient (Wildman–Crippen LogP) is 2.80. The molecule has 1 aliphatic carbocycles. The molecule has 0 spiro atoms. The Bertz CT molecular complexity index is 682. The van der Waals surface area contributed by atoms with Crippen molar-refractivity contribution in [2.75, 3.05) is 39.8 Å². The van der Waals surface area contributed by atoms with E-state index in [-0.39, 0.29) is 5.91 Å². The summed E-state index contributed by atoms with van der Waals surface area (Å²) in [6.45, 7) is 7.31. The molecule has 0 atom stereocenters. The van der Waals surface area contributed by atoms with Crippen molar-refractivity contribution in [3.05, 3.63) is 35.4 Å². The van der Waals surface area contributed by atoms with Crippen LogP contribution in [0, 0.1) is 18.3 Å². The van der Waals surface area contributed by atoms with Gasteiger partial charge in [-0.05, 0) is 25.3 Å². The van der Waals surface area contributed by atoms with Crippen molar-refractivity contribution in [1.82, 2.24) is 14.7 Å². The topological polar surface area (TPSA) is 50.6 Å². The van der Waals surface area contributed by atoms with Crippen molar-refractivity contribution < 1.29 is 4.79 Å². The molecule has 0 radical (unpaired) electrons. The van der Waals surface area contributed by atoms with E-state index in [0.29, 0.717) is 6.54 Å². The molecule has 1 heterocycles. The van der Waals surface area contributed by atoms with Crippen molar-refractivity contribution >= 4 is 5.91 Å². The zero-order chi connectivity index (χ0) is 19.3. The molecule has 0 bridgehead atoms. The Morgan fingerprint density at radius 3 is 2.44 bits per heavy atom. The first-order valence-electron chi connectivity index (χ1n) is 10.2. The molecule has 0 aromatic heterocycles. The summed E-state index contributed by atoms with van der Waals surface area (Å²) in [5.74, 6) is 0.0885. The summed E-state index contributed by atoms with van der Waals surface area (Å²) in [7, 11) is 1.82. The molecule has 5 heteroatoms. The molecule has 0 unspecified atom stereocenters. The number of nitriles is 1. The summed E-state index contributed by atoms with van der Waals surface area (Å²) in [5, 5.41) is 9.70. The number of likely N-dealkylation sites (N-methyl/N-ethyl adjacent to an activating group) is 1. The quantitative estimate of drug-likeness (QED) is 0.802. The van der Waals surface area contributed by atoms with Gasteiger partial charge in [-0.2, -0.15) is 5.26 Å². The van der Waals surface area contributed by atoms with Gasteiger partial charge < -0.3 is 4.90 Å². The SMILES string of the molecule is Cc1cccc(CN2CCN(CC(=O)N(C)C3(C#N)CCCCC3)CC2)c1. The summed E-state index contributed by atoms with van der Waals surface area (Å²) in [5.41, 5.74) is 2.07. The Labute approximate surface area is 163 Å². The third kappa shape index (κ3) is 4.88. The fourth-order valence-electron chi connectivity index (χ4n) is 4.37. The molecule has 146 valence electrons. The third-order valence-corrected chi connectivity index (χ3v) is 6.22. The van der Waals surface area contributed by atoms with Crippen LogP contribution in [0.15, 0.2) is 24.3 Å². The van der Waals surface area contributed by atoms with Crippen LogP contribution in [-0.4, -0.2) is 65.9 Å². The summed E-state index contributed by atoms with van der Waals surface area (Å²) >= 11 is 0. The fourth-order valence-corrected chi connectivity index (χ4v) is 4.37. The molecule has 5 nitrogen and oxygen atoms in total. The van der Waals surface area contributed by atoms with Gasteiger partial charge in [0.1, 0.15) is 5.54 Å². The molecule has 2 aliphatic rings. The lowest BCUT2D eigenvalue weighted by atomic mass is 9.81. The van der Waals surface area contributed by atoms with Crippen molar-refractivity contribution in [2.24, 2.45) is 0 Å². The zero-order valence-corrected chi connectivity index (χ0v) is 16.8. The molecule has 27 heavy (non-hydrogen) atoms. The van der Waals surface area contributed by atoms with Crippen molar-refractivity contribution in [1.29, 1.82) is 5.26 Å². The number of hydrogen-bond donors (Lipinski definition) is 0. The number of aryl methyl sites for hydroxylation is 1. The maximum atomic E-state index is 12.8. The number of piperazine rings is 1. The van der Waals surface area contributed by atoms with Crippen LogP contribution in [0.2, 0.25) is 0 Å². The third-order valence-electron chi connectivity index (χ3n) is 6.22. The molecular formula is C22H32N4O. The van der Waals surface area contributed by atoms with Gasteiger partial charge in [0.15, 0.2) is 0 Å². The second-order valence-electron chi connectivity index (χ2n) is 8.20. The molecule has 1 amide bonds. The largest absolute Gasteiger partial charge is 0.326 e. The van der Waals surface area contributed by atoms with Crippen molar-refractivity contribution in [3.63, 3.8) is 0 Å². The van der Waals surface area contributed by atoms with Gasteiger partial charge >= 0.3 is 0 Å². The first kappa shape index (κ1) is 19.9. The minimum absolute atomic E-state index is 0.0885. The van der Waals surface area contributed by atoms with Gasteiger partial charge in [-0.3, -0.25) is 14.6 Å². The van der Waals surface area contributed by atoms with Crippen LogP contribution < -0.4 is 0 Å². The normalized spacial score (nSPS) is 20.8. The van der Waals surface area contributed by atoms with Gasteiger partial charge in [0.05, 0.1) is 12.6 Å². The van der Waals surface area contributed by atoms with Gasteiger partial charge in [-0.1, -0.05) is 49.1 Å². The zero-order valence-electron chi connectivity index (χ0n) is 16.8. The van der Waals surface area contributed by atoms with E-state index in [4.69, 9.17) is 0 Å². The molecule has 1 aromatic carbocycles. The van der Waals surface area contributed by atoms with E-state index >= 15 is 0 Å². The summed E-state index contributed by atoms with van der Waals surface area (Å²) in [6.07, 6.45) is 4.89. The second-order valence-corrected chi connectivity index (χ2v) is 8.20. The van der Waals surface area contributed by atoms with Crippen LogP contribution in [0.1, 0.15) is 43.2 Å². The monoisotopic (exact) mass is 368 g/mol. The first-order valence-corrected chi connectivity index (χ1v) is 10.2. The molecule has 1 aromatic rings. The van der Waals surface area contributed by atoms with Gasteiger partial charge in [0.2, 0.25) is 5.91 Å². The Balaban J connectivity index is 1.48. The average molecular weight is 369 g/mol. The van der Waals surface area contributed by atoms with Crippen LogP contribution >= 0.6 is 0 Å². The average Bonchev–Trinajstić information content (AvgIpc) is 2.69. The second kappa shape index (κ2) is 8.86. The number of hydrogen-bond acceptors (Lipinski definition) is 4. The van der Waals surface area contributed by atoms with Crippen LogP contribution in [0.4, 0.5) is 0 Å². The summed E-state index contributed by atoms with van der Waals surface area (Å²) in [4.78, 5) is 19.2. The lowest BCUT2D eigenvalue weighted by Crippen LogP contribution is -2.54. The number of rotatable bonds is 5. The maximum Gasteiger partial charge on any atom is 0.237 e. The maximum absolute atomic E-state index is 12.8. The molecule has 0 N–H and O–H groups in total. The van der Waals surface area contributed by atoms with Crippen molar-refractivity contribution in [3.8, 4) is 6.07 Å². The van der Waals surface area contributed by atoms with E-state index in [1.165, 1.54) is 17.5 Å². The highest BCUT2D eigenvalue weighted by Crippen LogP contribution is 2.32. The first-order chi connectivity index (χ1) is 13.0. The molecule has 1 aliphatic heterocycles. The lowest BCUT2D eigenvalue weighted by molar-refractivity contribution is -0.136. The number of benzene rings is 1. The minimum Gasteiger partial charge on any atom is -0.326 e. The highest BCUT2D eigenvalue weighted by Gasteiger charge is 2.39. The Hall–Kier alpha value is -1.90. The van der Waals surface area contributed by atoms with E-state index in [2.05, 4.69) is 47.1 Å². The van der Waals surface area contributed by atoms with E-state index < -0.39 is 5.54 Å². The molecule has 3 rings (SSSR count). The summed E-state index contributed by atoms with van der Waals surface area (Å²) < 4.78 is 0. The number of amides is 1. The Morgan fingerprint density at radius 1 is 1.15 bits per heavy atom. The van der Waals surface area contributed by atoms with E-state index in [1.54, 1.807) is 4.90 Å². The summed E-state index contributed by atoms with van der Waals surface area (Å²) in [6, 6.07) is 11.1. The van der Waals surface area contributed by atoms with Crippen LogP contribution in [0.3, 0.4) is 0 Å². The fraction of sp³-hybridized carbons (Fsp3) is 0.636. The van der Waals surface area contributed by atoms with Crippen LogP contribution in [-0.2, 0) is 11.3 Å². The number of carbonyl (C=O) groups excluding carboxylic acids is 1. The predicted molar refractivity (Wildman–Crippen MR) is 107 cm³/mol. The standard InChI is InChI=1S/C22H32N4O/c1-19-7-6-8-20(15-19)16-25-11-13-26(14-12-25)17-21(27)24(2)22(18-23)9-4-3-5-10-22/h6-8,15H,3-5,9-14,16-17H2,1-2H3. The van der Waals surface area contributed by atoms with Gasteiger partial charge in [-0.15, -0.1) is 0 Å². The van der Waals surface area contributed by atoms with Gasteiger partial charge in [0.25, 0.3) is 0 Å². The van der Waals surface area contributed by atoms with Crippen molar-refractivity contribution in [2.45, 2.75) is 51.1 Å². The number of nitrogens with zero attached hydrogens (tertiary/aromatic N) is 4.